The molecule has 0 aliphatic heterocycles. The Morgan fingerprint density at radius 2 is 2.05 bits per heavy atom. The molecule has 1 aromatic carbocycles. The Morgan fingerprint density at radius 3 is 2.59 bits per heavy atom. The molecule has 118 valence electrons. The Kier molecular flexibility index (Phi) is 7.51. The fourth-order valence-corrected chi connectivity index (χ4v) is 1.73. The number of nitrogens with one attached hydrogen (secondary N) is 2. The zero-order valence-corrected chi connectivity index (χ0v) is 13.1. The first kappa shape index (κ1) is 17.5. The summed E-state index contributed by atoms with van der Waals surface area (Å²) in [4.78, 5) is 12.0. The Balaban J connectivity index is 2.62. The lowest BCUT2D eigenvalue weighted by Gasteiger charge is -2.14. The number of methoxy groups -OCH3 is 2. The molecule has 6 nitrogen and oxygen atoms in total. The van der Waals surface area contributed by atoms with E-state index < -0.39 is 5.91 Å². The summed E-state index contributed by atoms with van der Waals surface area (Å²) in [5, 5.41) is 14.7. The number of carbonyl (C=O) groups excluding carboxylic acids is 1. The third-order valence-electron chi connectivity index (χ3n) is 3.03. The standard InChI is InChI=1S/C16H21N3O3/c1-12(13-4-6-15(22-3)7-5-13)19-16(20)14(10-17)11-18-8-9-21-2/h4-7,11-12,18H,8-9H2,1-3H3,(H,19,20)/b14-11-. The van der Waals surface area contributed by atoms with Crippen molar-refractivity contribution in [3.8, 4) is 11.8 Å². The molecule has 6 heteroatoms. The minimum atomic E-state index is -0.421. The first-order valence-electron chi connectivity index (χ1n) is 6.89. The van der Waals surface area contributed by atoms with Crippen LogP contribution in [-0.2, 0) is 9.53 Å². The zero-order valence-electron chi connectivity index (χ0n) is 13.1. The van der Waals surface area contributed by atoms with Crippen molar-refractivity contribution in [2.75, 3.05) is 27.4 Å². The molecular formula is C16H21N3O3. The summed E-state index contributed by atoms with van der Waals surface area (Å²) >= 11 is 0. The van der Waals surface area contributed by atoms with Crippen molar-refractivity contribution in [1.82, 2.24) is 10.6 Å². The number of hydrogen-bond acceptors (Lipinski definition) is 5. The molecule has 0 aliphatic carbocycles. The van der Waals surface area contributed by atoms with E-state index in [0.717, 1.165) is 11.3 Å². The van der Waals surface area contributed by atoms with Crippen LogP contribution in [0.3, 0.4) is 0 Å². The average molecular weight is 303 g/mol. The Morgan fingerprint density at radius 1 is 1.36 bits per heavy atom. The number of carbonyl (C=O) groups is 1. The third kappa shape index (κ3) is 5.46. The Bertz CT molecular complexity index is 547. The molecule has 1 atom stereocenters. The van der Waals surface area contributed by atoms with Crippen molar-refractivity contribution >= 4 is 5.91 Å². The molecule has 0 saturated carbocycles. The second kappa shape index (κ2) is 9.42. The molecular weight excluding hydrogens is 282 g/mol. The van der Waals surface area contributed by atoms with Crippen LogP contribution in [-0.4, -0.2) is 33.3 Å². The maximum absolute atomic E-state index is 12.0. The molecule has 22 heavy (non-hydrogen) atoms. The summed E-state index contributed by atoms with van der Waals surface area (Å²) in [7, 11) is 3.18. The highest BCUT2D eigenvalue weighted by molar-refractivity contribution is 5.97. The van der Waals surface area contributed by atoms with Crippen LogP contribution in [0.15, 0.2) is 36.0 Å². The third-order valence-corrected chi connectivity index (χ3v) is 3.03. The minimum absolute atomic E-state index is 0.0245. The van der Waals surface area contributed by atoms with Crippen molar-refractivity contribution < 1.29 is 14.3 Å². The summed E-state index contributed by atoms with van der Waals surface area (Å²) < 4.78 is 9.97. The number of nitrogens with zero attached hydrogens (tertiary/aromatic N) is 1. The molecule has 0 aliphatic rings. The fourth-order valence-electron chi connectivity index (χ4n) is 1.73. The molecule has 0 spiro atoms. The number of hydrogen-bond donors (Lipinski definition) is 2. The van der Waals surface area contributed by atoms with Gasteiger partial charge in [0.25, 0.3) is 5.91 Å². The van der Waals surface area contributed by atoms with Gasteiger partial charge in [-0.2, -0.15) is 5.26 Å². The minimum Gasteiger partial charge on any atom is -0.497 e. The molecule has 0 bridgehead atoms. The number of nitriles is 1. The highest BCUT2D eigenvalue weighted by atomic mass is 16.5. The molecule has 0 saturated heterocycles. The first-order valence-corrected chi connectivity index (χ1v) is 6.89. The molecule has 0 aromatic heterocycles. The predicted octanol–water partition coefficient (Wildman–Crippen LogP) is 1.52. The largest absolute Gasteiger partial charge is 0.497 e. The van der Waals surface area contributed by atoms with Gasteiger partial charge in [-0.25, -0.2) is 0 Å². The maximum Gasteiger partial charge on any atom is 0.263 e. The normalized spacial score (nSPS) is 12.2. The molecule has 1 amide bonds. The van der Waals surface area contributed by atoms with Gasteiger partial charge in [-0.3, -0.25) is 4.79 Å². The van der Waals surface area contributed by atoms with E-state index in [1.54, 1.807) is 14.2 Å². The molecule has 1 rings (SSSR count). The van der Waals surface area contributed by atoms with Gasteiger partial charge in [-0.15, -0.1) is 0 Å². The maximum atomic E-state index is 12.0. The van der Waals surface area contributed by atoms with Gasteiger partial charge < -0.3 is 20.1 Å². The Hall–Kier alpha value is -2.52. The average Bonchev–Trinajstić information content (AvgIpc) is 2.54. The van der Waals surface area contributed by atoms with Crippen LogP contribution in [0.1, 0.15) is 18.5 Å². The predicted molar refractivity (Wildman–Crippen MR) is 83.1 cm³/mol. The molecule has 0 radical (unpaired) electrons. The summed E-state index contributed by atoms with van der Waals surface area (Å²) in [5.74, 6) is 0.331. The van der Waals surface area contributed by atoms with Gasteiger partial charge in [0.15, 0.2) is 0 Å². The van der Waals surface area contributed by atoms with E-state index in [1.807, 2.05) is 37.3 Å². The van der Waals surface area contributed by atoms with Crippen LogP contribution in [0.4, 0.5) is 0 Å². The van der Waals surface area contributed by atoms with Crippen LogP contribution in [0.5, 0.6) is 5.75 Å². The van der Waals surface area contributed by atoms with Crippen LogP contribution < -0.4 is 15.4 Å². The number of amides is 1. The van der Waals surface area contributed by atoms with Gasteiger partial charge in [-0.05, 0) is 24.6 Å². The van der Waals surface area contributed by atoms with Crippen molar-refractivity contribution in [2.24, 2.45) is 0 Å². The van der Waals surface area contributed by atoms with Crippen molar-refractivity contribution in [2.45, 2.75) is 13.0 Å². The van der Waals surface area contributed by atoms with Crippen LogP contribution >= 0.6 is 0 Å². The summed E-state index contributed by atoms with van der Waals surface area (Å²) in [6.45, 7) is 2.88. The topological polar surface area (TPSA) is 83.4 Å². The molecule has 1 unspecified atom stereocenters. The van der Waals surface area contributed by atoms with Gasteiger partial charge in [0.2, 0.25) is 0 Å². The van der Waals surface area contributed by atoms with E-state index in [1.165, 1.54) is 6.20 Å². The lowest BCUT2D eigenvalue weighted by Crippen LogP contribution is -2.28. The van der Waals surface area contributed by atoms with Crippen molar-refractivity contribution in [1.29, 1.82) is 5.26 Å². The Labute approximate surface area is 130 Å². The van der Waals surface area contributed by atoms with Crippen LogP contribution in [0, 0.1) is 11.3 Å². The molecule has 2 N–H and O–H groups in total. The quantitative estimate of drug-likeness (QED) is 0.432. The molecule has 1 aromatic rings. The first-order chi connectivity index (χ1) is 10.6. The van der Waals surface area contributed by atoms with E-state index in [-0.39, 0.29) is 11.6 Å². The van der Waals surface area contributed by atoms with E-state index >= 15 is 0 Å². The summed E-state index contributed by atoms with van der Waals surface area (Å²) in [5.41, 5.74) is 0.954. The van der Waals surface area contributed by atoms with Crippen molar-refractivity contribution in [3.63, 3.8) is 0 Å². The number of ether oxygens (including phenoxy) is 2. The van der Waals surface area contributed by atoms with Gasteiger partial charge in [0, 0.05) is 19.9 Å². The second-order valence-corrected chi connectivity index (χ2v) is 4.59. The lowest BCUT2D eigenvalue weighted by atomic mass is 10.1. The summed E-state index contributed by atoms with van der Waals surface area (Å²) in [6.07, 6.45) is 1.40. The molecule has 0 heterocycles. The highest BCUT2D eigenvalue weighted by Crippen LogP contribution is 2.17. The van der Waals surface area contributed by atoms with Gasteiger partial charge in [-0.1, -0.05) is 12.1 Å². The number of rotatable bonds is 8. The van der Waals surface area contributed by atoms with Gasteiger partial charge in [0.1, 0.15) is 17.4 Å². The highest BCUT2D eigenvalue weighted by Gasteiger charge is 2.13. The van der Waals surface area contributed by atoms with Crippen LogP contribution in [0.2, 0.25) is 0 Å². The second-order valence-electron chi connectivity index (χ2n) is 4.59. The van der Waals surface area contributed by atoms with Crippen LogP contribution in [0.25, 0.3) is 0 Å². The van der Waals surface area contributed by atoms with E-state index in [9.17, 15) is 4.79 Å². The monoisotopic (exact) mass is 303 g/mol. The lowest BCUT2D eigenvalue weighted by molar-refractivity contribution is -0.117. The van der Waals surface area contributed by atoms with E-state index in [4.69, 9.17) is 14.7 Å². The van der Waals surface area contributed by atoms with E-state index in [2.05, 4.69) is 10.6 Å². The molecule has 0 fully saturated rings. The van der Waals surface area contributed by atoms with Gasteiger partial charge >= 0.3 is 0 Å². The van der Waals surface area contributed by atoms with Crippen molar-refractivity contribution in [3.05, 3.63) is 41.6 Å². The SMILES string of the molecule is COCCN/C=C(/C#N)C(=O)NC(C)c1ccc(OC)cc1. The van der Waals surface area contributed by atoms with E-state index in [0.29, 0.717) is 13.2 Å². The smallest absolute Gasteiger partial charge is 0.263 e. The van der Waals surface area contributed by atoms with Gasteiger partial charge in [0.05, 0.1) is 19.8 Å². The zero-order chi connectivity index (χ0) is 16.4. The fraction of sp³-hybridized carbons (Fsp3) is 0.375. The number of benzene rings is 1. The summed E-state index contributed by atoms with van der Waals surface area (Å²) in [6, 6.07) is 9.06.